The molecule has 4 nitrogen and oxygen atoms in total. The fraction of sp³-hybridized carbons (Fsp3) is 0.282. The van der Waals surface area contributed by atoms with E-state index in [2.05, 4.69) is 38.4 Å². The summed E-state index contributed by atoms with van der Waals surface area (Å²) >= 11 is 0. The standard InChI is InChI=1S/C12H15N.3C9H9N.Rh/c1-5-6-11-7-9(2)12(13-4)10(3)8-11;3*1-7-5-4-6-8(2)9(7)10-3;/h7-8H,5-6H2,1-3H3;3*4-6H,1-2H3;. The van der Waals surface area contributed by atoms with Crippen molar-refractivity contribution in [2.75, 3.05) is 0 Å². The molecule has 0 spiro atoms. The van der Waals surface area contributed by atoms with Gasteiger partial charge >= 0.3 is 0 Å². The van der Waals surface area contributed by atoms with Crippen molar-refractivity contribution in [2.24, 2.45) is 0 Å². The Morgan fingerprint density at radius 1 is 0.432 bits per heavy atom. The van der Waals surface area contributed by atoms with E-state index in [-0.39, 0.29) is 19.5 Å². The first kappa shape index (κ1) is 39.5. The van der Waals surface area contributed by atoms with Gasteiger partial charge in [0, 0.05) is 19.5 Å². The van der Waals surface area contributed by atoms with Crippen LogP contribution in [0, 0.1) is 81.7 Å². The van der Waals surface area contributed by atoms with Gasteiger partial charge in [0.25, 0.3) is 0 Å². The monoisotopic (exact) mass is 669 g/mol. The number of rotatable bonds is 2. The summed E-state index contributed by atoms with van der Waals surface area (Å²) in [4.78, 5) is 13.8. The molecular formula is C39H42N4Rh. The molecule has 0 aliphatic rings. The van der Waals surface area contributed by atoms with Gasteiger partial charge in [-0.25, -0.2) is 19.4 Å². The predicted molar refractivity (Wildman–Crippen MR) is 183 cm³/mol. The minimum absolute atomic E-state index is 0. The van der Waals surface area contributed by atoms with E-state index in [4.69, 9.17) is 26.3 Å². The summed E-state index contributed by atoms with van der Waals surface area (Å²) in [6.07, 6.45) is 2.27. The van der Waals surface area contributed by atoms with E-state index in [0.717, 1.165) is 80.1 Å². The maximum Gasteiger partial charge on any atom is 0.193 e. The van der Waals surface area contributed by atoms with Crippen LogP contribution in [0.5, 0.6) is 0 Å². The average molecular weight is 670 g/mol. The molecule has 4 rings (SSSR count). The number of nitrogens with zero attached hydrogens (tertiary/aromatic N) is 4. The summed E-state index contributed by atoms with van der Waals surface area (Å²) in [5, 5.41) is 0. The van der Waals surface area contributed by atoms with E-state index in [1.54, 1.807) is 0 Å². The smallest absolute Gasteiger partial charge is 0.193 e. The second-order valence-electron chi connectivity index (χ2n) is 10.5. The second kappa shape index (κ2) is 20.4. The van der Waals surface area contributed by atoms with Crippen molar-refractivity contribution in [1.29, 1.82) is 0 Å². The zero-order valence-electron chi connectivity index (χ0n) is 27.4. The summed E-state index contributed by atoms with van der Waals surface area (Å²) < 4.78 is 0. The van der Waals surface area contributed by atoms with E-state index < -0.39 is 0 Å². The Kier molecular flexibility index (Phi) is 18.3. The summed E-state index contributed by atoms with van der Waals surface area (Å²) in [6, 6.07) is 21.9. The fourth-order valence-electron chi connectivity index (χ4n) is 4.60. The van der Waals surface area contributed by atoms with Gasteiger partial charge in [-0.2, -0.15) is 0 Å². The maximum absolute atomic E-state index is 7.02. The summed E-state index contributed by atoms with van der Waals surface area (Å²) in [5.74, 6) is 0. The molecular weight excluding hydrogens is 627 g/mol. The zero-order valence-corrected chi connectivity index (χ0v) is 29.0. The van der Waals surface area contributed by atoms with Gasteiger partial charge < -0.3 is 0 Å². The van der Waals surface area contributed by atoms with Crippen molar-refractivity contribution < 1.29 is 19.5 Å². The molecule has 0 aromatic heterocycles. The summed E-state index contributed by atoms with van der Waals surface area (Å²) in [5.41, 5.74) is 13.2. The van der Waals surface area contributed by atoms with Crippen LogP contribution in [0.15, 0.2) is 66.7 Å². The van der Waals surface area contributed by atoms with Crippen LogP contribution >= 0.6 is 0 Å². The zero-order chi connectivity index (χ0) is 32.5. The van der Waals surface area contributed by atoms with E-state index >= 15 is 0 Å². The second-order valence-corrected chi connectivity index (χ2v) is 10.5. The number of aryl methyl sites for hydroxylation is 9. The molecule has 0 aliphatic carbocycles. The summed E-state index contributed by atoms with van der Waals surface area (Å²) in [7, 11) is 0. The number of hydrogen-bond donors (Lipinski definition) is 0. The Balaban J connectivity index is 0.000000560. The van der Waals surface area contributed by atoms with Crippen LogP contribution in [0.3, 0.4) is 0 Å². The molecule has 0 fully saturated rings. The Morgan fingerprint density at radius 2 is 0.659 bits per heavy atom. The van der Waals surface area contributed by atoms with E-state index in [1.807, 2.05) is 110 Å². The molecule has 44 heavy (non-hydrogen) atoms. The van der Waals surface area contributed by atoms with Crippen molar-refractivity contribution in [3.05, 3.63) is 162 Å². The largest absolute Gasteiger partial charge is 0.238 e. The predicted octanol–water partition coefficient (Wildman–Crippen LogP) is 12.4. The molecule has 4 aromatic rings. The van der Waals surface area contributed by atoms with E-state index in [1.165, 1.54) is 5.56 Å². The van der Waals surface area contributed by atoms with Crippen LogP contribution in [0.4, 0.5) is 22.7 Å². The molecule has 227 valence electrons. The third kappa shape index (κ3) is 12.0. The van der Waals surface area contributed by atoms with Crippen LogP contribution in [0.25, 0.3) is 19.4 Å². The van der Waals surface area contributed by atoms with Crippen molar-refractivity contribution in [3.8, 4) is 0 Å². The Morgan fingerprint density at radius 3 is 0.841 bits per heavy atom. The van der Waals surface area contributed by atoms with Gasteiger partial charge in [0.1, 0.15) is 0 Å². The Bertz CT molecular complexity index is 1480. The number of para-hydroxylation sites is 3. The minimum Gasteiger partial charge on any atom is -0.238 e. The van der Waals surface area contributed by atoms with Crippen LogP contribution < -0.4 is 0 Å². The molecule has 0 heterocycles. The molecule has 0 unspecified atom stereocenters. The molecule has 0 amide bonds. The first-order valence-electron chi connectivity index (χ1n) is 14.2. The molecule has 0 N–H and O–H groups in total. The topological polar surface area (TPSA) is 17.4 Å². The van der Waals surface area contributed by atoms with E-state index in [0.29, 0.717) is 0 Å². The minimum atomic E-state index is 0. The fourth-order valence-corrected chi connectivity index (χ4v) is 4.60. The normalized spacial score (nSPS) is 8.93. The molecule has 4 aromatic carbocycles. The molecule has 0 aliphatic heterocycles. The molecule has 0 saturated heterocycles. The van der Waals surface area contributed by atoms with E-state index in [9.17, 15) is 0 Å². The molecule has 0 bridgehead atoms. The molecule has 1 radical (unpaired) electrons. The van der Waals surface area contributed by atoms with Crippen LogP contribution in [0.1, 0.15) is 63.4 Å². The number of hydrogen-bond acceptors (Lipinski definition) is 0. The first-order valence-corrected chi connectivity index (χ1v) is 14.2. The average Bonchev–Trinajstić information content (AvgIpc) is 2.95. The number of benzene rings is 4. The van der Waals surface area contributed by atoms with Gasteiger partial charge in [-0.1, -0.05) is 85.6 Å². The Hall–Kier alpha value is -4.54. The van der Waals surface area contributed by atoms with Crippen LogP contribution in [0.2, 0.25) is 0 Å². The van der Waals surface area contributed by atoms with Gasteiger partial charge in [0.2, 0.25) is 0 Å². The van der Waals surface area contributed by atoms with Crippen LogP contribution in [-0.2, 0) is 25.9 Å². The van der Waals surface area contributed by atoms with Gasteiger partial charge in [-0.15, -0.1) is 0 Å². The van der Waals surface area contributed by atoms with Gasteiger partial charge in [0.15, 0.2) is 22.7 Å². The van der Waals surface area contributed by atoms with Gasteiger partial charge in [-0.05, 0) is 106 Å². The van der Waals surface area contributed by atoms with Crippen molar-refractivity contribution >= 4 is 22.7 Å². The van der Waals surface area contributed by atoms with Crippen LogP contribution in [-0.4, -0.2) is 0 Å². The SMILES string of the molecule is [C-]#[N+]c1c(C)cc(CCC)cc1C.[C-]#[N+]c1c(C)cccc1C.[C-]#[N+]c1c(C)cccc1C.[C-]#[N+]c1c(C)cccc1C.[Rh]. The first-order chi connectivity index (χ1) is 20.4. The maximum atomic E-state index is 7.02. The summed E-state index contributed by atoms with van der Waals surface area (Å²) in [6.45, 7) is 45.5. The molecule has 0 saturated carbocycles. The molecule has 0 atom stereocenters. The van der Waals surface area contributed by atoms with Crippen molar-refractivity contribution in [2.45, 2.75) is 75.2 Å². The quantitative estimate of drug-likeness (QED) is 0.149. The van der Waals surface area contributed by atoms with Crippen molar-refractivity contribution in [3.63, 3.8) is 0 Å². The van der Waals surface area contributed by atoms with Gasteiger partial charge in [-0.3, -0.25) is 0 Å². The Labute approximate surface area is 278 Å². The third-order valence-corrected chi connectivity index (χ3v) is 6.86. The third-order valence-electron chi connectivity index (χ3n) is 6.86. The molecule has 5 heteroatoms. The van der Waals surface area contributed by atoms with Gasteiger partial charge in [0.05, 0.1) is 26.3 Å². The van der Waals surface area contributed by atoms with Crippen molar-refractivity contribution in [1.82, 2.24) is 0 Å².